The molecule has 0 aromatic heterocycles. The number of esters is 4. The van der Waals surface area contributed by atoms with E-state index in [4.69, 9.17) is 37.0 Å². The zero-order valence-electron chi connectivity index (χ0n) is 63.7. The lowest BCUT2D eigenvalue weighted by Gasteiger charge is -2.21. The highest BCUT2D eigenvalue weighted by Crippen LogP contribution is 2.45. The quantitative estimate of drug-likeness (QED) is 0.0222. The van der Waals surface area contributed by atoms with Crippen LogP contribution in [0.3, 0.4) is 0 Å². The van der Waals surface area contributed by atoms with E-state index in [2.05, 4.69) is 55.4 Å². The van der Waals surface area contributed by atoms with Crippen molar-refractivity contribution in [3.05, 3.63) is 0 Å². The molecule has 0 fully saturated rings. The van der Waals surface area contributed by atoms with Gasteiger partial charge in [-0.25, -0.2) is 9.13 Å². The number of aliphatic hydroxyl groups is 1. The van der Waals surface area contributed by atoms with Gasteiger partial charge in [0.25, 0.3) is 0 Å². The standard InChI is InChI=1S/C78H152O17P2/c1-9-71(8)57-49-41-36-37-43-51-59-76(81)89-65-74(95-78(83)61-53-45-35-29-32-40-48-56-70(6)7)67-93-97(86,87)91-63-72(79)62-90-96(84,85)92-66-73(94-77(82)60-52-44-34-28-24-20-16-12-14-18-22-26-31-39-47-55-69(4)5)64-88-75(80)58-50-42-33-27-23-19-15-11-10-13-17-21-25-30-38-46-54-68(2)3/h68-74,79H,9-67H2,1-8H3,(H,84,85)(H,86,87)/t71?,72-,73-,74-/m1/s1. The monoisotopic (exact) mass is 1420 g/mol. The molecule has 97 heavy (non-hydrogen) atoms. The summed E-state index contributed by atoms with van der Waals surface area (Å²) in [4.78, 5) is 72.8. The van der Waals surface area contributed by atoms with Crippen molar-refractivity contribution < 1.29 is 80.2 Å². The fourth-order valence-electron chi connectivity index (χ4n) is 11.9. The van der Waals surface area contributed by atoms with Crippen LogP contribution >= 0.6 is 15.6 Å². The van der Waals surface area contributed by atoms with Crippen molar-refractivity contribution in [2.24, 2.45) is 23.7 Å². The highest BCUT2D eigenvalue weighted by molar-refractivity contribution is 7.47. The minimum atomic E-state index is -4.96. The smallest absolute Gasteiger partial charge is 0.462 e. The first-order valence-electron chi connectivity index (χ1n) is 40.2. The van der Waals surface area contributed by atoms with Gasteiger partial charge in [-0.3, -0.25) is 37.3 Å². The summed E-state index contributed by atoms with van der Waals surface area (Å²) in [5.41, 5.74) is 0. The number of carbonyl (C=O) groups excluding carboxylic acids is 4. The Bertz CT molecular complexity index is 1900. The van der Waals surface area contributed by atoms with Gasteiger partial charge in [-0.05, 0) is 49.4 Å². The molecule has 0 saturated heterocycles. The van der Waals surface area contributed by atoms with E-state index in [1.807, 2.05) is 0 Å². The maximum Gasteiger partial charge on any atom is 0.472 e. The van der Waals surface area contributed by atoms with Crippen molar-refractivity contribution in [3.63, 3.8) is 0 Å². The second-order valence-corrected chi connectivity index (χ2v) is 32.7. The number of phosphoric ester groups is 2. The number of unbranched alkanes of at least 4 members (excludes halogenated alkanes) is 40. The van der Waals surface area contributed by atoms with Crippen LogP contribution in [0.25, 0.3) is 0 Å². The Balaban J connectivity index is 5.21. The molecule has 0 aromatic rings. The fourth-order valence-corrected chi connectivity index (χ4v) is 13.5. The van der Waals surface area contributed by atoms with Gasteiger partial charge in [0, 0.05) is 25.7 Å². The maximum atomic E-state index is 13.1. The topological polar surface area (TPSA) is 237 Å². The average molecular weight is 1420 g/mol. The van der Waals surface area contributed by atoms with Crippen molar-refractivity contribution in [1.29, 1.82) is 0 Å². The van der Waals surface area contributed by atoms with Gasteiger partial charge in [0.2, 0.25) is 0 Å². The number of hydrogen-bond donors (Lipinski definition) is 3. The van der Waals surface area contributed by atoms with Crippen molar-refractivity contribution in [1.82, 2.24) is 0 Å². The van der Waals surface area contributed by atoms with Crippen LogP contribution in [0.5, 0.6) is 0 Å². The molecule has 3 N–H and O–H groups in total. The fraction of sp³-hybridized carbons (Fsp3) is 0.949. The molecule has 19 heteroatoms. The van der Waals surface area contributed by atoms with Crippen molar-refractivity contribution in [3.8, 4) is 0 Å². The predicted molar refractivity (Wildman–Crippen MR) is 395 cm³/mol. The highest BCUT2D eigenvalue weighted by atomic mass is 31.2. The third kappa shape index (κ3) is 70.9. The molecule has 0 aliphatic rings. The minimum absolute atomic E-state index is 0.102. The molecule has 6 atom stereocenters. The Hall–Kier alpha value is -1.94. The van der Waals surface area contributed by atoms with E-state index in [0.717, 1.165) is 114 Å². The zero-order chi connectivity index (χ0) is 71.7. The van der Waals surface area contributed by atoms with Crippen molar-refractivity contribution in [2.75, 3.05) is 39.6 Å². The van der Waals surface area contributed by atoms with Crippen molar-refractivity contribution >= 4 is 39.5 Å². The number of rotatable bonds is 75. The molecule has 3 unspecified atom stereocenters. The largest absolute Gasteiger partial charge is 0.472 e. The molecule has 0 radical (unpaired) electrons. The van der Waals surface area contributed by atoms with Crippen LogP contribution in [0.1, 0.15) is 396 Å². The first-order chi connectivity index (χ1) is 46.6. The molecule has 0 amide bonds. The van der Waals surface area contributed by atoms with Gasteiger partial charge in [0.15, 0.2) is 12.2 Å². The van der Waals surface area contributed by atoms with E-state index in [1.54, 1.807) is 0 Å². The summed E-state index contributed by atoms with van der Waals surface area (Å²) in [5.74, 6) is 0.920. The third-order valence-electron chi connectivity index (χ3n) is 18.4. The molecule has 0 aromatic carbocycles. The second kappa shape index (κ2) is 67.2. The Kier molecular flexibility index (Phi) is 65.9. The SMILES string of the molecule is CCC(C)CCCCCCCCC(=O)OC[C@H](COP(=O)(O)OC[C@H](O)COP(=O)(O)OC[C@@H](COC(=O)CCCCCCCCCCCCCCCCCCC(C)C)OC(=O)CCCCCCCCCCCCCCCCCC(C)C)OC(=O)CCCCCCCCCC(C)C. The van der Waals surface area contributed by atoms with Crippen LogP contribution in [-0.2, 0) is 65.4 Å². The molecule has 17 nitrogen and oxygen atoms in total. The third-order valence-corrected chi connectivity index (χ3v) is 20.3. The van der Waals surface area contributed by atoms with Crippen LogP contribution in [-0.4, -0.2) is 96.7 Å². The summed E-state index contributed by atoms with van der Waals surface area (Å²) in [5, 5.41) is 10.6. The van der Waals surface area contributed by atoms with Crippen LogP contribution in [0.2, 0.25) is 0 Å². The number of phosphoric acid groups is 2. The van der Waals surface area contributed by atoms with E-state index >= 15 is 0 Å². The lowest BCUT2D eigenvalue weighted by atomic mass is 10.00. The minimum Gasteiger partial charge on any atom is -0.462 e. The van der Waals surface area contributed by atoms with Gasteiger partial charge >= 0.3 is 39.5 Å². The Morgan fingerprint density at radius 1 is 0.289 bits per heavy atom. The number of hydrogen-bond acceptors (Lipinski definition) is 15. The summed E-state index contributed by atoms with van der Waals surface area (Å²) in [6.07, 6.45) is 53.0. The summed E-state index contributed by atoms with van der Waals surface area (Å²) in [6, 6.07) is 0. The average Bonchev–Trinajstić information content (AvgIpc) is 1.20. The molecule has 0 aliphatic carbocycles. The molecular weight excluding hydrogens is 1270 g/mol. The van der Waals surface area contributed by atoms with Crippen LogP contribution in [0, 0.1) is 23.7 Å². The first kappa shape index (κ1) is 95.1. The van der Waals surface area contributed by atoms with Gasteiger partial charge in [0.1, 0.15) is 19.3 Å². The van der Waals surface area contributed by atoms with Gasteiger partial charge < -0.3 is 33.8 Å². The molecule has 0 rings (SSSR count). The van der Waals surface area contributed by atoms with E-state index < -0.39 is 97.5 Å². The zero-order valence-corrected chi connectivity index (χ0v) is 65.5. The molecule has 576 valence electrons. The van der Waals surface area contributed by atoms with Gasteiger partial charge in [0.05, 0.1) is 26.4 Å². The Labute approximate surface area is 594 Å². The Morgan fingerprint density at radius 2 is 0.495 bits per heavy atom. The summed E-state index contributed by atoms with van der Waals surface area (Å²) >= 11 is 0. The normalized spacial score (nSPS) is 14.4. The Morgan fingerprint density at radius 3 is 0.732 bits per heavy atom. The molecule has 0 aliphatic heterocycles. The van der Waals surface area contributed by atoms with Gasteiger partial charge in [-0.2, -0.15) is 0 Å². The van der Waals surface area contributed by atoms with Crippen molar-refractivity contribution in [2.45, 2.75) is 414 Å². The predicted octanol–water partition coefficient (Wildman–Crippen LogP) is 22.8. The summed E-state index contributed by atoms with van der Waals surface area (Å²) < 4.78 is 68.5. The van der Waals surface area contributed by atoms with E-state index in [1.165, 1.54) is 193 Å². The second-order valence-electron chi connectivity index (χ2n) is 29.8. The van der Waals surface area contributed by atoms with E-state index in [-0.39, 0.29) is 25.7 Å². The lowest BCUT2D eigenvalue weighted by Crippen LogP contribution is -2.30. The molecule has 0 heterocycles. The maximum absolute atomic E-state index is 13.1. The first-order valence-corrected chi connectivity index (χ1v) is 43.2. The molecular formula is C78H152O17P2. The summed E-state index contributed by atoms with van der Waals surface area (Å²) in [7, 11) is -9.91. The van der Waals surface area contributed by atoms with Crippen LogP contribution in [0.4, 0.5) is 0 Å². The number of carbonyl (C=O) groups is 4. The molecule has 0 saturated carbocycles. The van der Waals surface area contributed by atoms with E-state index in [0.29, 0.717) is 31.6 Å². The van der Waals surface area contributed by atoms with Gasteiger partial charge in [-0.1, -0.05) is 344 Å². The molecule has 0 bridgehead atoms. The highest BCUT2D eigenvalue weighted by Gasteiger charge is 2.30. The number of aliphatic hydroxyl groups excluding tert-OH is 1. The van der Waals surface area contributed by atoms with Crippen LogP contribution < -0.4 is 0 Å². The lowest BCUT2D eigenvalue weighted by molar-refractivity contribution is -0.161. The summed E-state index contributed by atoms with van der Waals surface area (Å²) in [6.45, 7) is 14.2. The molecule has 0 spiro atoms. The van der Waals surface area contributed by atoms with E-state index in [9.17, 15) is 43.2 Å². The van der Waals surface area contributed by atoms with Crippen LogP contribution in [0.15, 0.2) is 0 Å². The number of ether oxygens (including phenoxy) is 4. The van der Waals surface area contributed by atoms with Gasteiger partial charge in [-0.15, -0.1) is 0 Å².